The van der Waals surface area contributed by atoms with Crippen molar-refractivity contribution < 1.29 is 14.2 Å². The van der Waals surface area contributed by atoms with Gasteiger partial charge < -0.3 is 19.2 Å². The summed E-state index contributed by atoms with van der Waals surface area (Å²) in [6.07, 6.45) is 0. The van der Waals surface area contributed by atoms with Crippen LogP contribution in [0.15, 0.2) is 54.6 Å². The summed E-state index contributed by atoms with van der Waals surface area (Å²) in [6, 6.07) is 17.5. The van der Waals surface area contributed by atoms with Crippen LogP contribution >= 0.6 is 0 Å². The number of imidazole rings is 1. The number of H-pyrrole nitrogens is 1. The third kappa shape index (κ3) is 3.06. The summed E-state index contributed by atoms with van der Waals surface area (Å²) in [4.78, 5) is 12.7. The van der Waals surface area contributed by atoms with Crippen LogP contribution in [-0.2, 0) is 0 Å². The molecule has 6 heteroatoms. The first-order valence-corrected chi connectivity index (χ1v) is 8.46. The largest absolute Gasteiger partial charge is 0.493 e. The number of benzene rings is 2. The van der Waals surface area contributed by atoms with E-state index in [2.05, 4.69) is 9.97 Å². The molecule has 2 aromatic heterocycles. The number of ether oxygens (including phenoxy) is 3. The smallest absolute Gasteiger partial charge is 0.203 e. The van der Waals surface area contributed by atoms with Crippen LogP contribution in [0, 0.1) is 0 Å². The average Bonchev–Trinajstić information content (AvgIpc) is 3.17. The van der Waals surface area contributed by atoms with E-state index >= 15 is 0 Å². The minimum atomic E-state index is 0.553. The van der Waals surface area contributed by atoms with Crippen LogP contribution in [0.2, 0.25) is 0 Å². The molecule has 0 amide bonds. The fraction of sp³-hybridized carbons (Fsp3) is 0.143. The van der Waals surface area contributed by atoms with E-state index in [0.717, 1.165) is 33.8 Å². The van der Waals surface area contributed by atoms with Gasteiger partial charge in [-0.25, -0.2) is 9.97 Å². The molecule has 27 heavy (non-hydrogen) atoms. The van der Waals surface area contributed by atoms with Crippen molar-refractivity contribution in [3.05, 3.63) is 54.6 Å². The molecule has 0 aliphatic carbocycles. The lowest BCUT2D eigenvalue weighted by Crippen LogP contribution is -1.96. The summed E-state index contributed by atoms with van der Waals surface area (Å²) in [7, 11) is 4.78. The Morgan fingerprint density at radius 2 is 1.44 bits per heavy atom. The summed E-state index contributed by atoms with van der Waals surface area (Å²) >= 11 is 0. The molecule has 0 atom stereocenters. The second kappa shape index (κ2) is 6.99. The summed E-state index contributed by atoms with van der Waals surface area (Å²) in [6.45, 7) is 0. The topological polar surface area (TPSA) is 69.3 Å². The number of nitrogens with zero attached hydrogens (tertiary/aromatic N) is 2. The number of nitrogens with one attached hydrogen (secondary N) is 1. The first-order chi connectivity index (χ1) is 13.2. The normalized spacial score (nSPS) is 10.8. The van der Waals surface area contributed by atoms with Crippen molar-refractivity contribution in [2.24, 2.45) is 0 Å². The molecule has 2 aromatic carbocycles. The number of hydrogen-bond acceptors (Lipinski definition) is 5. The molecule has 6 nitrogen and oxygen atoms in total. The number of aromatic nitrogens is 3. The minimum absolute atomic E-state index is 0.553. The van der Waals surface area contributed by atoms with Gasteiger partial charge >= 0.3 is 0 Å². The zero-order valence-electron chi connectivity index (χ0n) is 15.3. The van der Waals surface area contributed by atoms with Gasteiger partial charge in [0.15, 0.2) is 17.3 Å². The summed E-state index contributed by atoms with van der Waals surface area (Å²) in [5, 5.41) is 0. The number of aromatic amines is 1. The quantitative estimate of drug-likeness (QED) is 0.573. The molecular weight excluding hydrogens is 342 g/mol. The third-order valence-electron chi connectivity index (χ3n) is 4.34. The SMILES string of the molecule is COc1cc(-c2cccc(-c3nc4ccccc4[nH]3)n2)cc(OC)c1OC. The molecular formula is C21H19N3O3. The highest BCUT2D eigenvalue weighted by Gasteiger charge is 2.15. The van der Waals surface area contributed by atoms with E-state index in [1.165, 1.54) is 0 Å². The van der Waals surface area contributed by atoms with Crippen LogP contribution in [0.1, 0.15) is 0 Å². The molecule has 2 heterocycles. The lowest BCUT2D eigenvalue weighted by molar-refractivity contribution is 0.324. The zero-order valence-corrected chi connectivity index (χ0v) is 15.3. The molecule has 0 radical (unpaired) electrons. The lowest BCUT2D eigenvalue weighted by Gasteiger charge is -2.14. The fourth-order valence-electron chi connectivity index (χ4n) is 3.03. The molecule has 1 N–H and O–H groups in total. The van der Waals surface area contributed by atoms with Crippen LogP contribution in [0.3, 0.4) is 0 Å². The number of fused-ring (bicyclic) bond motifs is 1. The maximum atomic E-state index is 5.44. The molecule has 136 valence electrons. The van der Waals surface area contributed by atoms with Gasteiger partial charge in [0.25, 0.3) is 0 Å². The summed E-state index contributed by atoms with van der Waals surface area (Å²) in [5.41, 5.74) is 4.30. The summed E-state index contributed by atoms with van der Waals surface area (Å²) in [5.74, 6) is 2.45. The molecule has 0 saturated heterocycles. The van der Waals surface area contributed by atoms with Gasteiger partial charge in [-0.2, -0.15) is 0 Å². The maximum Gasteiger partial charge on any atom is 0.203 e. The van der Waals surface area contributed by atoms with E-state index in [0.29, 0.717) is 17.2 Å². The Hall–Kier alpha value is -3.54. The standard InChI is InChI=1S/C21H19N3O3/c1-25-18-11-13(12-19(26-2)20(18)27-3)14-9-6-10-17(22-14)21-23-15-7-4-5-8-16(15)24-21/h4-12H,1-3H3,(H,23,24). The van der Waals surface area contributed by atoms with E-state index in [1.807, 2.05) is 54.6 Å². The highest BCUT2D eigenvalue weighted by molar-refractivity contribution is 5.79. The predicted octanol–water partition coefficient (Wildman–Crippen LogP) is 4.32. The van der Waals surface area contributed by atoms with Crippen LogP contribution in [0.25, 0.3) is 33.8 Å². The molecule has 4 aromatic rings. The number of hydrogen-bond donors (Lipinski definition) is 1. The predicted molar refractivity (Wildman–Crippen MR) is 104 cm³/mol. The first kappa shape index (κ1) is 16.9. The van der Waals surface area contributed by atoms with Crippen molar-refractivity contribution in [1.82, 2.24) is 15.0 Å². The van der Waals surface area contributed by atoms with Crippen molar-refractivity contribution in [2.75, 3.05) is 21.3 Å². The number of para-hydroxylation sites is 2. The number of methoxy groups -OCH3 is 3. The monoisotopic (exact) mass is 361 g/mol. The molecule has 0 unspecified atom stereocenters. The van der Waals surface area contributed by atoms with Gasteiger partial charge in [-0.1, -0.05) is 18.2 Å². The Kier molecular flexibility index (Phi) is 4.38. The molecule has 0 aliphatic heterocycles. The Morgan fingerprint density at radius 3 is 2.11 bits per heavy atom. The van der Waals surface area contributed by atoms with E-state index in [-0.39, 0.29) is 0 Å². The van der Waals surface area contributed by atoms with Crippen molar-refractivity contribution in [1.29, 1.82) is 0 Å². The molecule has 0 bridgehead atoms. The Labute approximate surface area is 156 Å². The van der Waals surface area contributed by atoms with Gasteiger partial charge in [0.2, 0.25) is 5.75 Å². The molecule has 0 spiro atoms. The summed E-state index contributed by atoms with van der Waals surface area (Å²) < 4.78 is 16.3. The molecule has 0 fully saturated rings. The van der Waals surface area contributed by atoms with Gasteiger partial charge in [0, 0.05) is 5.56 Å². The number of rotatable bonds is 5. The minimum Gasteiger partial charge on any atom is -0.493 e. The molecule has 0 aliphatic rings. The van der Waals surface area contributed by atoms with Crippen LogP contribution in [0.4, 0.5) is 0 Å². The van der Waals surface area contributed by atoms with E-state index in [1.54, 1.807) is 21.3 Å². The van der Waals surface area contributed by atoms with Gasteiger partial charge in [-0.15, -0.1) is 0 Å². The number of pyridine rings is 1. The highest BCUT2D eigenvalue weighted by atomic mass is 16.5. The van der Waals surface area contributed by atoms with E-state index in [9.17, 15) is 0 Å². The van der Waals surface area contributed by atoms with Crippen LogP contribution in [-0.4, -0.2) is 36.3 Å². The van der Waals surface area contributed by atoms with Crippen molar-refractivity contribution >= 4 is 11.0 Å². The molecule has 0 saturated carbocycles. The zero-order chi connectivity index (χ0) is 18.8. The van der Waals surface area contributed by atoms with Crippen molar-refractivity contribution in [2.45, 2.75) is 0 Å². The lowest BCUT2D eigenvalue weighted by atomic mass is 10.1. The van der Waals surface area contributed by atoms with Crippen molar-refractivity contribution in [3.8, 4) is 40.0 Å². The van der Waals surface area contributed by atoms with Crippen molar-refractivity contribution in [3.63, 3.8) is 0 Å². The second-order valence-electron chi connectivity index (χ2n) is 5.92. The Morgan fingerprint density at radius 1 is 0.741 bits per heavy atom. The van der Waals surface area contributed by atoms with Gasteiger partial charge in [0.05, 0.1) is 38.1 Å². The van der Waals surface area contributed by atoms with Crippen LogP contribution < -0.4 is 14.2 Å². The second-order valence-corrected chi connectivity index (χ2v) is 5.92. The highest BCUT2D eigenvalue weighted by Crippen LogP contribution is 2.41. The van der Waals surface area contributed by atoms with Gasteiger partial charge in [-0.05, 0) is 36.4 Å². The average molecular weight is 361 g/mol. The fourth-order valence-corrected chi connectivity index (χ4v) is 3.03. The Balaban J connectivity index is 1.80. The Bertz CT molecular complexity index is 1050. The third-order valence-corrected chi connectivity index (χ3v) is 4.34. The van der Waals surface area contributed by atoms with E-state index in [4.69, 9.17) is 19.2 Å². The maximum absolute atomic E-state index is 5.44. The first-order valence-electron chi connectivity index (χ1n) is 8.46. The molecule has 4 rings (SSSR count). The van der Waals surface area contributed by atoms with E-state index < -0.39 is 0 Å². The van der Waals surface area contributed by atoms with Crippen LogP contribution in [0.5, 0.6) is 17.2 Å². The van der Waals surface area contributed by atoms with Gasteiger partial charge in [0.1, 0.15) is 5.69 Å². The van der Waals surface area contributed by atoms with Gasteiger partial charge in [-0.3, -0.25) is 0 Å².